The number of benzene rings is 1. The van der Waals surface area contributed by atoms with Crippen LogP contribution >= 0.6 is 0 Å². The van der Waals surface area contributed by atoms with Crippen LogP contribution in [0, 0.1) is 11.6 Å². The lowest BCUT2D eigenvalue weighted by Crippen LogP contribution is -2.48. The maximum absolute atomic E-state index is 13.7. The summed E-state index contributed by atoms with van der Waals surface area (Å²) in [5.74, 6) is -2.63. The van der Waals surface area contributed by atoms with Crippen molar-refractivity contribution in [1.29, 1.82) is 0 Å². The first-order valence-electron chi connectivity index (χ1n) is 8.22. The third-order valence-corrected chi connectivity index (χ3v) is 4.21. The molecule has 0 bridgehead atoms. The minimum absolute atomic E-state index is 0.213. The molecule has 0 aromatic heterocycles. The molecule has 136 valence electrons. The van der Waals surface area contributed by atoms with Crippen LogP contribution in [-0.2, 0) is 9.53 Å². The molecule has 25 heavy (non-hydrogen) atoms. The Morgan fingerprint density at radius 3 is 2.60 bits per heavy atom. The van der Waals surface area contributed by atoms with Crippen LogP contribution in [0.25, 0.3) is 0 Å². The summed E-state index contributed by atoms with van der Waals surface area (Å²) in [5.41, 5.74) is 0.882. The van der Waals surface area contributed by atoms with Crippen LogP contribution in [-0.4, -0.2) is 30.6 Å². The fourth-order valence-corrected chi connectivity index (χ4v) is 2.94. The van der Waals surface area contributed by atoms with E-state index in [1.807, 2.05) is 6.92 Å². The summed E-state index contributed by atoms with van der Waals surface area (Å²) < 4.78 is 31.9. The molecule has 1 aliphatic rings. The van der Waals surface area contributed by atoms with Crippen molar-refractivity contribution < 1.29 is 23.1 Å². The minimum Gasteiger partial charge on any atom is -0.466 e. The average Bonchev–Trinajstić information content (AvgIpc) is 2.58. The molecule has 7 heteroatoms. The van der Waals surface area contributed by atoms with Gasteiger partial charge in [-0.3, -0.25) is 0 Å². The SMILES string of the molecule is CCCCCN1C(=O)NC(C)=C(C(=O)OC)C1c1ccc(F)c(F)c1. The van der Waals surface area contributed by atoms with E-state index in [1.54, 1.807) is 6.92 Å². The third-order valence-electron chi connectivity index (χ3n) is 4.21. The largest absolute Gasteiger partial charge is 0.466 e. The van der Waals surface area contributed by atoms with E-state index >= 15 is 0 Å². The van der Waals surface area contributed by atoms with Gasteiger partial charge in [-0.2, -0.15) is 0 Å². The maximum Gasteiger partial charge on any atom is 0.337 e. The van der Waals surface area contributed by atoms with E-state index in [9.17, 15) is 18.4 Å². The predicted molar refractivity (Wildman–Crippen MR) is 88.6 cm³/mol. The van der Waals surface area contributed by atoms with Gasteiger partial charge in [0.2, 0.25) is 0 Å². The fraction of sp³-hybridized carbons (Fsp3) is 0.444. The van der Waals surface area contributed by atoms with Crippen molar-refractivity contribution >= 4 is 12.0 Å². The second-order valence-corrected chi connectivity index (χ2v) is 5.94. The van der Waals surface area contributed by atoms with Gasteiger partial charge in [0.1, 0.15) is 0 Å². The second-order valence-electron chi connectivity index (χ2n) is 5.94. The number of nitrogens with one attached hydrogen (secondary N) is 1. The molecule has 5 nitrogen and oxygen atoms in total. The molecule has 1 atom stereocenters. The zero-order valence-corrected chi connectivity index (χ0v) is 14.6. The van der Waals surface area contributed by atoms with Crippen molar-refractivity contribution in [2.24, 2.45) is 0 Å². The zero-order chi connectivity index (χ0) is 18.6. The number of nitrogens with zero attached hydrogens (tertiary/aromatic N) is 1. The van der Waals surface area contributed by atoms with Gasteiger partial charge in [-0.25, -0.2) is 18.4 Å². The number of rotatable bonds is 6. The fourth-order valence-electron chi connectivity index (χ4n) is 2.94. The van der Waals surface area contributed by atoms with Crippen LogP contribution in [0.5, 0.6) is 0 Å². The molecule has 1 N–H and O–H groups in total. The lowest BCUT2D eigenvalue weighted by molar-refractivity contribution is -0.137. The highest BCUT2D eigenvalue weighted by atomic mass is 19.2. The molecular weight excluding hydrogens is 330 g/mol. The number of methoxy groups -OCH3 is 1. The summed E-state index contributed by atoms with van der Waals surface area (Å²) in [7, 11) is 1.24. The first-order chi connectivity index (χ1) is 11.9. The highest BCUT2D eigenvalue weighted by molar-refractivity contribution is 5.94. The highest BCUT2D eigenvalue weighted by Gasteiger charge is 2.38. The van der Waals surface area contributed by atoms with Crippen LogP contribution in [0.15, 0.2) is 29.5 Å². The van der Waals surface area contributed by atoms with Gasteiger partial charge in [-0.05, 0) is 31.0 Å². The summed E-state index contributed by atoms with van der Waals surface area (Å²) in [5, 5.41) is 2.65. The summed E-state index contributed by atoms with van der Waals surface area (Å²) in [6.07, 6.45) is 2.60. The van der Waals surface area contributed by atoms with Crippen molar-refractivity contribution in [2.45, 2.75) is 39.2 Å². The van der Waals surface area contributed by atoms with Crippen molar-refractivity contribution in [3.63, 3.8) is 0 Å². The number of hydrogen-bond acceptors (Lipinski definition) is 3. The Morgan fingerprint density at radius 2 is 2.00 bits per heavy atom. The van der Waals surface area contributed by atoms with Gasteiger partial charge >= 0.3 is 12.0 Å². The molecule has 2 amide bonds. The van der Waals surface area contributed by atoms with E-state index in [0.29, 0.717) is 17.8 Å². The molecule has 1 unspecified atom stereocenters. The first-order valence-corrected chi connectivity index (χ1v) is 8.22. The number of urea groups is 1. The summed E-state index contributed by atoms with van der Waals surface area (Å²) in [6, 6.07) is 2.18. The number of halogens is 2. The van der Waals surface area contributed by atoms with Crippen LogP contribution < -0.4 is 5.32 Å². The number of hydrogen-bond donors (Lipinski definition) is 1. The Hall–Kier alpha value is -2.44. The molecule has 0 aliphatic carbocycles. The van der Waals surface area contributed by atoms with Crippen LogP contribution in [0.3, 0.4) is 0 Å². The molecule has 0 saturated heterocycles. The molecule has 1 aromatic carbocycles. The Balaban J connectivity index is 2.52. The number of amides is 2. The van der Waals surface area contributed by atoms with Crippen LogP contribution in [0.4, 0.5) is 13.6 Å². The predicted octanol–water partition coefficient (Wildman–Crippen LogP) is 3.67. The standard InChI is InChI=1S/C18H22F2N2O3/c1-4-5-6-9-22-16(12-7-8-13(19)14(20)10-12)15(17(23)25-3)11(2)21-18(22)24/h7-8,10,16H,4-6,9H2,1-3H3,(H,21,24). The molecule has 0 fully saturated rings. The molecule has 1 heterocycles. The van der Waals surface area contributed by atoms with Gasteiger partial charge < -0.3 is 15.0 Å². The number of allylic oxidation sites excluding steroid dienone is 1. The third kappa shape index (κ3) is 3.97. The summed E-state index contributed by atoms with van der Waals surface area (Å²) in [6.45, 7) is 4.00. The van der Waals surface area contributed by atoms with Crippen LogP contribution in [0.2, 0.25) is 0 Å². The molecular formula is C18H22F2N2O3. The van der Waals surface area contributed by atoms with Gasteiger partial charge in [-0.15, -0.1) is 0 Å². The summed E-state index contributed by atoms with van der Waals surface area (Å²) in [4.78, 5) is 26.2. The number of esters is 1. The van der Waals surface area contributed by atoms with E-state index in [1.165, 1.54) is 18.1 Å². The maximum atomic E-state index is 13.7. The second kappa shape index (κ2) is 8.09. The number of ether oxygens (including phenoxy) is 1. The molecule has 2 rings (SSSR count). The highest BCUT2D eigenvalue weighted by Crippen LogP contribution is 2.35. The zero-order valence-electron chi connectivity index (χ0n) is 14.6. The monoisotopic (exact) mass is 352 g/mol. The molecule has 1 aromatic rings. The topological polar surface area (TPSA) is 58.6 Å². The lowest BCUT2D eigenvalue weighted by atomic mass is 9.93. The van der Waals surface area contributed by atoms with Gasteiger partial charge in [0, 0.05) is 12.2 Å². The summed E-state index contributed by atoms with van der Waals surface area (Å²) >= 11 is 0. The van der Waals surface area contributed by atoms with Crippen molar-refractivity contribution in [1.82, 2.24) is 10.2 Å². The molecule has 0 saturated carbocycles. The molecule has 1 aliphatic heterocycles. The average molecular weight is 352 g/mol. The van der Waals surface area contributed by atoms with Gasteiger partial charge in [0.05, 0.1) is 18.7 Å². The van der Waals surface area contributed by atoms with E-state index in [4.69, 9.17) is 4.74 Å². The normalized spacial score (nSPS) is 17.6. The Kier molecular flexibility index (Phi) is 6.12. The van der Waals surface area contributed by atoms with Crippen molar-refractivity contribution in [3.05, 3.63) is 46.7 Å². The van der Waals surface area contributed by atoms with Gasteiger partial charge in [0.25, 0.3) is 0 Å². The Bertz CT molecular complexity index is 704. The lowest BCUT2D eigenvalue weighted by Gasteiger charge is -2.37. The van der Waals surface area contributed by atoms with Crippen molar-refractivity contribution in [2.75, 3.05) is 13.7 Å². The van der Waals surface area contributed by atoms with E-state index in [-0.39, 0.29) is 11.6 Å². The van der Waals surface area contributed by atoms with Crippen molar-refractivity contribution in [3.8, 4) is 0 Å². The Morgan fingerprint density at radius 1 is 1.28 bits per heavy atom. The molecule has 0 spiro atoms. The first kappa shape index (κ1) is 18.9. The van der Waals surface area contributed by atoms with Gasteiger partial charge in [-0.1, -0.05) is 25.8 Å². The minimum atomic E-state index is -1.03. The number of carbonyl (C=O) groups excluding carboxylic acids is 2. The molecule has 0 radical (unpaired) electrons. The van der Waals surface area contributed by atoms with Crippen LogP contribution in [0.1, 0.15) is 44.7 Å². The smallest absolute Gasteiger partial charge is 0.337 e. The van der Waals surface area contributed by atoms with E-state index < -0.39 is 23.6 Å². The van der Waals surface area contributed by atoms with Gasteiger partial charge in [0.15, 0.2) is 11.6 Å². The quantitative estimate of drug-likeness (QED) is 0.628. The Labute approximate surface area is 145 Å². The van der Waals surface area contributed by atoms with E-state index in [2.05, 4.69) is 5.32 Å². The van der Waals surface area contributed by atoms with E-state index in [0.717, 1.165) is 31.4 Å². The number of carbonyl (C=O) groups is 2. The number of unbranched alkanes of at least 4 members (excludes halogenated alkanes) is 2.